The number of nitrogens with zero attached hydrogens (tertiary/aromatic N) is 1. The molecule has 0 aliphatic rings. The smallest absolute Gasteiger partial charge is 0.303 e. The number of benzene rings is 1. The molecule has 0 radical (unpaired) electrons. The highest BCUT2D eigenvalue weighted by atomic mass is 16.4. The molecule has 3 N–H and O–H groups in total. The molecule has 1 heterocycles. The molecule has 0 fully saturated rings. The SMILES string of the molecule is Cc1nc2ccc(NC(C)CCC(=O)O)cc2[nH]1. The van der Waals surface area contributed by atoms with Gasteiger partial charge in [-0.1, -0.05) is 0 Å². The average molecular weight is 247 g/mol. The van der Waals surface area contributed by atoms with E-state index in [9.17, 15) is 4.79 Å². The minimum Gasteiger partial charge on any atom is -0.481 e. The largest absolute Gasteiger partial charge is 0.481 e. The zero-order valence-electron chi connectivity index (χ0n) is 10.5. The number of carboxylic acid groups (broad SMARTS) is 1. The number of aryl methyl sites for hydroxylation is 1. The van der Waals surface area contributed by atoms with Crippen molar-refractivity contribution in [1.82, 2.24) is 9.97 Å². The van der Waals surface area contributed by atoms with Gasteiger partial charge in [0.1, 0.15) is 5.82 Å². The second kappa shape index (κ2) is 5.08. The van der Waals surface area contributed by atoms with Crippen molar-refractivity contribution in [3.8, 4) is 0 Å². The summed E-state index contributed by atoms with van der Waals surface area (Å²) in [5.74, 6) is 0.129. The number of anilines is 1. The first kappa shape index (κ1) is 12.4. The lowest BCUT2D eigenvalue weighted by Gasteiger charge is -2.14. The Bertz CT molecular complexity index is 562. The van der Waals surface area contributed by atoms with Gasteiger partial charge in [-0.15, -0.1) is 0 Å². The number of imidazole rings is 1. The third kappa shape index (κ3) is 3.00. The molecule has 18 heavy (non-hydrogen) atoms. The first-order chi connectivity index (χ1) is 8.54. The van der Waals surface area contributed by atoms with Crippen LogP contribution in [0.15, 0.2) is 18.2 Å². The van der Waals surface area contributed by atoms with E-state index < -0.39 is 5.97 Å². The van der Waals surface area contributed by atoms with Gasteiger partial charge in [-0.2, -0.15) is 0 Å². The minimum atomic E-state index is -0.761. The van der Waals surface area contributed by atoms with Gasteiger partial charge in [-0.3, -0.25) is 4.79 Å². The second-order valence-corrected chi connectivity index (χ2v) is 4.53. The Morgan fingerprint density at radius 2 is 2.33 bits per heavy atom. The standard InChI is InChI=1S/C13H17N3O2/c1-8(3-6-13(17)18)14-10-4-5-11-12(7-10)16-9(2)15-11/h4-5,7-8,14H,3,6H2,1-2H3,(H,15,16)(H,17,18). The predicted molar refractivity (Wildman–Crippen MR) is 70.8 cm³/mol. The fraction of sp³-hybridized carbons (Fsp3) is 0.385. The normalized spacial score (nSPS) is 12.6. The molecule has 0 aliphatic heterocycles. The molecule has 0 saturated heterocycles. The van der Waals surface area contributed by atoms with Crippen molar-refractivity contribution in [2.75, 3.05) is 5.32 Å². The van der Waals surface area contributed by atoms with Gasteiger partial charge in [-0.05, 0) is 38.5 Å². The van der Waals surface area contributed by atoms with E-state index in [0.29, 0.717) is 6.42 Å². The number of H-pyrrole nitrogens is 1. The molecule has 0 amide bonds. The lowest BCUT2D eigenvalue weighted by atomic mass is 10.1. The molecule has 0 bridgehead atoms. The second-order valence-electron chi connectivity index (χ2n) is 4.53. The maximum Gasteiger partial charge on any atom is 0.303 e. The molecule has 0 saturated carbocycles. The molecule has 0 aliphatic carbocycles. The molecule has 1 atom stereocenters. The van der Waals surface area contributed by atoms with Crippen molar-refractivity contribution in [2.45, 2.75) is 32.7 Å². The summed E-state index contributed by atoms with van der Waals surface area (Å²) in [4.78, 5) is 18.0. The zero-order valence-corrected chi connectivity index (χ0v) is 10.5. The number of aliphatic carboxylic acids is 1. The van der Waals surface area contributed by atoms with Crippen LogP contribution < -0.4 is 5.32 Å². The maximum absolute atomic E-state index is 10.5. The minimum absolute atomic E-state index is 0.127. The lowest BCUT2D eigenvalue weighted by Crippen LogP contribution is -2.16. The van der Waals surface area contributed by atoms with Gasteiger partial charge in [0, 0.05) is 18.2 Å². The van der Waals surface area contributed by atoms with Crippen molar-refractivity contribution in [1.29, 1.82) is 0 Å². The number of aromatic amines is 1. The Balaban J connectivity index is 2.04. The Labute approximate surface area is 105 Å². The van der Waals surface area contributed by atoms with Crippen LogP contribution in [0.5, 0.6) is 0 Å². The summed E-state index contributed by atoms with van der Waals surface area (Å²) in [5, 5.41) is 11.9. The van der Waals surface area contributed by atoms with Crippen molar-refractivity contribution in [2.24, 2.45) is 0 Å². The summed E-state index contributed by atoms with van der Waals surface area (Å²) < 4.78 is 0. The first-order valence-corrected chi connectivity index (χ1v) is 5.99. The zero-order chi connectivity index (χ0) is 13.1. The quantitative estimate of drug-likeness (QED) is 0.758. The van der Waals surface area contributed by atoms with Gasteiger partial charge >= 0.3 is 5.97 Å². The van der Waals surface area contributed by atoms with Crippen LogP contribution in [0.2, 0.25) is 0 Å². The lowest BCUT2D eigenvalue weighted by molar-refractivity contribution is -0.137. The van der Waals surface area contributed by atoms with Crippen LogP contribution >= 0.6 is 0 Å². The molecule has 5 nitrogen and oxygen atoms in total. The van der Waals surface area contributed by atoms with E-state index in [1.165, 1.54) is 0 Å². The highest BCUT2D eigenvalue weighted by Gasteiger charge is 2.06. The molecule has 96 valence electrons. The monoisotopic (exact) mass is 247 g/mol. The molecule has 2 rings (SSSR count). The molecule has 1 unspecified atom stereocenters. The number of fused-ring (bicyclic) bond motifs is 1. The Morgan fingerprint density at radius 1 is 1.56 bits per heavy atom. The molecule has 0 spiro atoms. The van der Waals surface area contributed by atoms with Crippen LogP contribution in [-0.2, 0) is 4.79 Å². The third-order valence-electron chi connectivity index (χ3n) is 2.80. The van der Waals surface area contributed by atoms with Crippen LogP contribution in [0.3, 0.4) is 0 Å². The summed E-state index contributed by atoms with van der Waals surface area (Å²) >= 11 is 0. The van der Waals surface area contributed by atoms with Crippen LogP contribution in [0.4, 0.5) is 5.69 Å². The molecule has 5 heteroatoms. The number of carbonyl (C=O) groups is 1. The Morgan fingerprint density at radius 3 is 3.06 bits per heavy atom. The fourth-order valence-corrected chi connectivity index (χ4v) is 1.92. The summed E-state index contributed by atoms with van der Waals surface area (Å²) in [7, 11) is 0. The van der Waals surface area contributed by atoms with Gasteiger partial charge in [0.05, 0.1) is 11.0 Å². The van der Waals surface area contributed by atoms with Crippen LogP contribution in [0, 0.1) is 6.92 Å². The van der Waals surface area contributed by atoms with Crippen LogP contribution in [-0.4, -0.2) is 27.1 Å². The summed E-state index contributed by atoms with van der Waals surface area (Å²) in [6.07, 6.45) is 0.787. The van der Waals surface area contributed by atoms with E-state index in [1.54, 1.807) is 0 Å². The van der Waals surface area contributed by atoms with E-state index in [4.69, 9.17) is 5.11 Å². The van der Waals surface area contributed by atoms with E-state index in [-0.39, 0.29) is 12.5 Å². The van der Waals surface area contributed by atoms with Gasteiger partial charge in [0.2, 0.25) is 0 Å². The van der Waals surface area contributed by atoms with E-state index >= 15 is 0 Å². The summed E-state index contributed by atoms with van der Waals surface area (Å²) in [5.41, 5.74) is 2.91. The number of aromatic nitrogens is 2. The number of hydrogen-bond donors (Lipinski definition) is 3. The van der Waals surface area contributed by atoms with Crippen molar-refractivity contribution >= 4 is 22.7 Å². The fourth-order valence-electron chi connectivity index (χ4n) is 1.92. The maximum atomic E-state index is 10.5. The van der Waals surface area contributed by atoms with Gasteiger partial charge in [0.25, 0.3) is 0 Å². The van der Waals surface area contributed by atoms with Crippen LogP contribution in [0.25, 0.3) is 11.0 Å². The Kier molecular flexibility index (Phi) is 3.50. The summed E-state index contributed by atoms with van der Waals surface area (Å²) in [6, 6.07) is 6.03. The van der Waals surface area contributed by atoms with Crippen molar-refractivity contribution in [3.63, 3.8) is 0 Å². The molecular weight excluding hydrogens is 230 g/mol. The van der Waals surface area contributed by atoms with Crippen LogP contribution in [0.1, 0.15) is 25.6 Å². The van der Waals surface area contributed by atoms with Crippen molar-refractivity contribution in [3.05, 3.63) is 24.0 Å². The number of nitrogens with one attached hydrogen (secondary N) is 2. The average Bonchev–Trinajstić information content (AvgIpc) is 2.66. The molecular formula is C13H17N3O2. The predicted octanol–water partition coefficient (Wildman–Crippen LogP) is 2.54. The topological polar surface area (TPSA) is 78.0 Å². The Hall–Kier alpha value is -2.04. The number of rotatable bonds is 5. The van der Waals surface area contributed by atoms with E-state index in [1.807, 2.05) is 32.0 Å². The number of hydrogen-bond acceptors (Lipinski definition) is 3. The highest BCUT2D eigenvalue weighted by Crippen LogP contribution is 2.18. The van der Waals surface area contributed by atoms with Gasteiger partial charge < -0.3 is 15.4 Å². The van der Waals surface area contributed by atoms with Crippen molar-refractivity contribution < 1.29 is 9.90 Å². The highest BCUT2D eigenvalue weighted by molar-refractivity contribution is 5.79. The first-order valence-electron chi connectivity index (χ1n) is 5.99. The molecule has 2 aromatic rings. The summed E-state index contributed by atoms with van der Waals surface area (Å²) in [6.45, 7) is 3.90. The van der Waals surface area contributed by atoms with Gasteiger partial charge in [0.15, 0.2) is 0 Å². The van der Waals surface area contributed by atoms with E-state index in [2.05, 4.69) is 15.3 Å². The van der Waals surface area contributed by atoms with E-state index in [0.717, 1.165) is 22.5 Å². The van der Waals surface area contributed by atoms with Gasteiger partial charge in [-0.25, -0.2) is 4.98 Å². The molecule has 1 aromatic carbocycles. The molecule has 1 aromatic heterocycles. The third-order valence-corrected chi connectivity index (χ3v) is 2.80. The number of carboxylic acids is 1.